The van der Waals surface area contributed by atoms with Crippen LogP contribution in [0.1, 0.15) is 13.8 Å². The first-order chi connectivity index (χ1) is 13.4. The fourth-order valence-corrected chi connectivity index (χ4v) is 2.20. The summed E-state index contributed by atoms with van der Waals surface area (Å²) < 4.78 is 11.8. The van der Waals surface area contributed by atoms with Crippen LogP contribution in [0.2, 0.25) is 0 Å². The first-order valence-corrected chi connectivity index (χ1v) is 8.51. The van der Waals surface area contributed by atoms with Gasteiger partial charge in [0.05, 0.1) is 26.2 Å². The second kappa shape index (κ2) is 11.5. The van der Waals surface area contributed by atoms with Crippen LogP contribution in [0.3, 0.4) is 0 Å². The molecule has 1 N–H and O–H groups in total. The van der Waals surface area contributed by atoms with Crippen molar-refractivity contribution in [3.8, 4) is 0 Å². The van der Waals surface area contributed by atoms with E-state index >= 15 is 0 Å². The predicted molar refractivity (Wildman–Crippen MR) is 97.9 cm³/mol. The van der Waals surface area contributed by atoms with Gasteiger partial charge < -0.3 is 14.6 Å². The fraction of sp³-hybridized carbons (Fsp3) is 0.471. The van der Waals surface area contributed by atoms with Crippen molar-refractivity contribution in [1.29, 1.82) is 0 Å². The molecule has 0 bridgehead atoms. The lowest BCUT2D eigenvalue weighted by molar-refractivity contribution is -0.138. The van der Waals surface area contributed by atoms with Gasteiger partial charge >= 0.3 is 29.0 Å². The highest BCUT2D eigenvalue weighted by atomic mass is 16.5. The highest BCUT2D eigenvalue weighted by molar-refractivity contribution is 5.82. The number of carbonyl (C=O) groups is 2. The van der Waals surface area contributed by atoms with Crippen LogP contribution in [-0.2, 0) is 38.7 Å². The number of aromatic nitrogens is 3. The molecule has 11 heteroatoms. The number of aliphatic hydroxyl groups is 1. The van der Waals surface area contributed by atoms with Crippen LogP contribution in [0.5, 0.6) is 0 Å². The van der Waals surface area contributed by atoms with Crippen molar-refractivity contribution in [2.75, 3.05) is 19.8 Å². The molecule has 0 unspecified atom stereocenters. The Morgan fingerprint density at radius 1 is 0.786 bits per heavy atom. The summed E-state index contributed by atoms with van der Waals surface area (Å²) in [5.41, 5.74) is -2.81. The molecule has 1 aromatic heterocycles. The number of aliphatic hydroxyl groups excluding tert-OH is 1. The van der Waals surface area contributed by atoms with Gasteiger partial charge in [-0.05, 0) is 13.8 Å². The number of nitrogens with zero attached hydrogens (tertiary/aromatic N) is 3. The zero-order valence-electron chi connectivity index (χ0n) is 15.7. The average molecular weight is 397 g/mol. The lowest BCUT2D eigenvalue weighted by Gasteiger charge is -2.13. The highest BCUT2D eigenvalue weighted by Gasteiger charge is 2.15. The second-order valence-electron chi connectivity index (χ2n) is 5.36. The Morgan fingerprint density at radius 3 is 1.46 bits per heavy atom. The summed E-state index contributed by atoms with van der Waals surface area (Å²) in [7, 11) is 0. The summed E-state index contributed by atoms with van der Waals surface area (Å²) >= 11 is 0. The van der Waals surface area contributed by atoms with Crippen LogP contribution >= 0.6 is 0 Å². The van der Waals surface area contributed by atoms with Gasteiger partial charge in [0.1, 0.15) is 13.2 Å². The molecule has 0 saturated carbocycles. The van der Waals surface area contributed by atoms with Gasteiger partial charge in [0.15, 0.2) is 0 Å². The Kier molecular flexibility index (Phi) is 9.37. The van der Waals surface area contributed by atoms with Gasteiger partial charge in [-0.15, -0.1) is 0 Å². The lowest BCUT2D eigenvalue weighted by atomic mass is 10.5. The first kappa shape index (κ1) is 22.8. The van der Waals surface area contributed by atoms with Gasteiger partial charge in [-0.3, -0.25) is 0 Å². The second-order valence-corrected chi connectivity index (χ2v) is 5.36. The van der Waals surface area contributed by atoms with Gasteiger partial charge in [-0.1, -0.05) is 12.2 Å². The Labute approximate surface area is 159 Å². The monoisotopic (exact) mass is 397 g/mol. The minimum Gasteiger partial charge on any atom is -0.461 e. The van der Waals surface area contributed by atoms with Crippen molar-refractivity contribution in [2.45, 2.75) is 33.5 Å². The van der Waals surface area contributed by atoms with Crippen molar-refractivity contribution in [2.24, 2.45) is 0 Å². The molecule has 154 valence electrons. The molecule has 0 aromatic carbocycles. The Hall–Kier alpha value is -3.21. The third-order valence-electron chi connectivity index (χ3n) is 3.43. The van der Waals surface area contributed by atoms with Crippen LogP contribution in [0.25, 0.3) is 0 Å². The smallest absolute Gasteiger partial charge is 0.336 e. The van der Waals surface area contributed by atoms with E-state index < -0.39 is 35.6 Å². The van der Waals surface area contributed by atoms with Crippen LogP contribution in [0.4, 0.5) is 0 Å². The lowest BCUT2D eigenvalue weighted by Crippen LogP contribution is -2.55. The number of hydrogen-bond acceptors (Lipinski definition) is 8. The van der Waals surface area contributed by atoms with Gasteiger partial charge in [-0.2, -0.15) is 0 Å². The molecule has 1 rings (SSSR count). The van der Waals surface area contributed by atoms with Crippen LogP contribution < -0.4 is 17.1 Å². The van der Waals surface area contributed by atoms with E-state index in [9.17, 15) is 24.0 Å². The SMILES string of the molecule is CC=CC(=O)OCCn1c(=O)n(CCO)c(=O)n(CCOC(=O)C=CC)c1=O. The van der Waals surface area contributed by atoms with E-state index in [0.29, 0.717) is 13.7 Å². The number of allylic oxidation sites excluding steroid dienone is 2. The number of rotatable bonds is 10. The maximum atomic E-state index is 12.5. The topological polar surface area (TPSA) is 139 Å². The van der Waals surface area contributed by atoms with Gasteiger partial charge in [0.25, 0.3) is 0 Å². The van der Waals surface area contributed by atoms with E-state index in [4.69, 9.17) is 14.6 Å². The predicted octanol–water partition coefficient (Wildman–Crippen LogP) is -1.60. The molecule has 0 aliphatic heterocycles. The molecule has 11 nitrogen and oxygen atoms in total. The minimum atomic E-state index is -0.937. The van der Waals surface area contributed by atoms with Crippen molar-refractivity contribution >= 4 is 11.9 Å². The molecule has 0 fully saturated rings. The summed E-state index contributed by atoms with van der Waals surface area (Å²) in [6.45, 7) is 1.30. The van der Waals surface area contributed by atoms with E-state index in [1.54, 1.807) is 13.8 Å². The maximum absolute atomic E-state index is 12.5. The average Bonchev–Trinajstić information content (AvgIpc) is 2.65. The molecule has 0 spiro atoms. The van der Waals surface area contributed by atoms with E-state index in [1.165, 1.54) is 24.3 Å². The standard InChI is InChI=1S/C17H23N3O8/c1-3-5-13(22)27-11-8-19-15(24)18(7-10-21)16(25)20(17(19)26)9-12-28-14(23)6-4-2/h3-6,21H,7-12H2,1-2H3. The molecule has 0 aliphatic rings. The van der Waals surface area contributed by atoms with Gasteiger partial charge in [-0.25, -0.2) is 37.7 Å². The summed E-state index contributed by atoms with van der Waals surface area (Å²) in [6.07, 6.45) is 5.29. The summed E-state index contributed by atoms with van der Waals surface area (Å²) in [5, 5.41) is 9.09. The minimum absolute atomic E-state index is 0.272. The third kappa shape index (κ3) is 6.20. The summed E-state index contributed by atoms with van der Waals surface area (Å²) in [5.74, 6) is -1.29. The number of ether oxygens (including phenoxy) is 2. The molecule has 0 amide bonds. The van der Waals surface area contributed by atoms with Crippen molar-refractivity contribution in [3.05, 3.63) is 55.8 Å². The molecule has 28 heavy (non-hydrogen) atoms. The number of hydrogen-bond donors (Lipinski definition) is 1. The molecular weight excluding hydrogens is 374 g/mol. The molecular formula is C17H23N3O8. The third-order valence-corrected chi connectivity index (χ3v) is 3.43. The normalized spacial score (nSPS) is 11.2. The Balaban J connectivity index is 3.14. The van der Waals surface area contributed by atoms with Crippen molar-refractivity contribution in [1.82, 2.24) is 13.7 Å². The summed E-state index contributed by atoms with van der Waals surface area (Å²) in [6, 6.07) is 0. The molecule has 1 aromatic rings. The summed E-state index contributed by atoms with van der Waals surface area (Å²) in [4.78, 5) is 59.9. The highest BCUT2D eigenvalue weighted by Crippen LogP contribution is 1.86. The largest absolute Gasteiger partial charge is 0.461 e. The van der Waals surface area contributed by atoms with E-state index in [0.717, 1.165) is 0 Å². The maximum Gasteiger partial charge on any atom is 0.336 e. The van der Waals surface area contributed by atoms with Gasteiger partial charge in [0, 0.05) is 12.2 Å². The molecule has 1 heterocycles. The number of carbonyl (C=O) groups excluding carboxylic acids is 2. The van der Waals surface area contributed by atoms with E-state index in [2.05, 4.69) is 0 Å². The zero-order chi connectivity index (χ0) is 21.1. The first-order valence-electron chi connectivity index (χ1n) is 8.51. The Morgan fingerprint density at radius 2 is 1.14 bits per heavy atom. The molecule has 0 radical (unpaired) electrons. The van der Waals surface area contributed by atoms with Crippen molar-refractivity contribution in [3.63, 3.8) is 0 Å². The molecule has 0 saturated heterocycles. The fourth-order valence-electron chi connectivity index (χ4n) is 2.20. The zero-order valence-corrected chi connectivity index (χ0v) is 15.7. The van der Waals surface area contributed by atoms with Crippen LogP contribution in [0, 0.1) is 0 Å². The van der Waals surface area contributed by atoms with E-state index in [-0.39, 0.29) is 32.8 Å². The Bertz CT molecular complexity index is 852. The van der Waals surface area contributed by atoms with Crippen LogP contribution in [-0.4, -0.2) is 50.6 Å². The van der Waals surface area contributed by atoms with Crippen molar-refractivity contribution < 1.29 is 24.2 Å². The van der Waals surface area contributed by atoms with Crippen LogP contribution in [0.15, 0.2) is 38.7 Å². The quantitative estimate of drug-likeness (QED) is 0.368. The van der Waals surface area contributed by atoms with E-state index in [1.807, 2.05) is 0 Å². The van der Waals surface area contributed by atoms with Gasteiger partial charge in [0.2, 0.25) is 0 Å². The number of esters is 2. The molecule has 0 aliphatic carbocycles. The molecule has 0 atom stereocenters.